The molecule has 2 atom stereocenters. The fourth-order valence-corrected chi connectivity index (χ4v) is 2.34. The fraction of sp³-hybridized carbons (Fsp3) is 0.538. The average Bonchev–Trinajstić information content (AvgIpc) is 2.44. The van der Waals surface area contributed by atoms with Gasteiger partial charge < -0.3 is 5.11 Å². The molecule has 0 aromatic heterocycles. The third kappa shape index (κ3) is 2.36. The summed E-state index contributed by atoms with van der Waals surface area (Å²) in [6, 6.07) is 10.7. The van der Waals surface area contributed by atoms with Crippen LogP contribution >= 0.6 is 0 Å². The summed E-state index contributed by atoms with van der Waals surface area (Å²) in [7, 11) is 0. The molecule has 0 saturated heterocycles. The van der Waals surface area contributed by atoms with E-state index in [9.17, 15) is 5.11 Å². The zero-order valence-electron chi connectivity index (χ0n) is 8.52. The van der Waals surface area contributed by atoms with Crippen molar-refractivity contribution in [2.24, 2.45) is 0 Å². The van der Waals surface area contributed by atoms with Crippen molar-refractivity contribution in [2.45, 2.75) is 44.1 Å². The second kappa shape index (κ2) is 4.61. The van der Waals surface area contributed by atoms with Crippen LogP contribution in [0.15, 0.2) is 30.3 Å². The quantitative estimate of drug-likeness (QED) is 0.675. The molecule has 1 aromatic rings. The Balaban J connectivity index is 2.04. The van der Waals surface area contributed by atoms with E-state index in [-0.39, 0.29) is 6.10 Å². The smallest absolute Gasteiger partial charge is 0.0540 e. The van der Waals surface area contributed by atoms with E-state index in [1.807, 2.05) is 0 Å². The molecular formula is C13H18O. The Morgan fingerprint density at radius 3 is 2.50 bits per heavy atom. The van der Waals surface area contributed by atoms with Crippen molar-refractivity contribution in [3.8, 4) is 0 Å². The predicted molar refractivity (Wildman–Crippen MR) is 58.3 cm³/mol. The van der Waals surface area contributed by atoms with Crippen LogP contribution in [0.1, 0.15) is 43.6 Å². The maximum absolute atomic E-state index is 9.55. The monoisotopic (exact) mass is 190 g/mol. The molecule has 1 aromatic carbocycles. The highest BCUT2D eigenvalue weighted by Crippen LogP contribution is 2.31. The first-order valence-corrected chi connectivity index (χ1v) is 5.59. The van der Waals surface area contributed by atoms with E-state index in [1.54, 1.807) is 0 Å². The normalized spacial score (nSPS) is 28.4. The molecule has 76 valence electrons. The summed E-state index contributed by atoms with van der Waals surface area (Å²) in [5.41, 5.74) is 1.45. The van der Waals surface area contributed by atoms with Crippen molar-refractivity contribution in [1.82, 2.24) is 0 Å². The van der Waals surface area contributed by atoms with Crippen LogP contribution in [0.5, 0.6) is 0 Å². The second-order valence-corrected chi connectivity index (χ2v) is 4.27. The van der Waals surface area contributed by atoms with Crippen molar-refractivity contribution in [2.75, 3.05) is 0 Å². The third-order valence-corrected chi connectivity index (χ3v) is 3.21. The Bertz CT molecular complexity index is 268. The molecule has 1 N–H and O–H groups in total. The molecule has 0 radical (unpaired) electrons. The molecule has 0 heterocycles. The highest BCUT2D eigenvalue weighted by Gasteiger charge is 2.17. The number of hydrogen-bond acceptors (Lipinski definition) is 1. The fourth-order valence-electron chi connectivity index (χ4n) is 2.34. The molecular weight excluding hydrogens is 172 g/mol. The molecule has 2 rings (SSSR count). The molecule has 1 heteroatoms. The lowest BCUT2D eigenvalue weighted by molar-refractivity contribution is 0.157. The summed E-state index contributed by atoms with van der Waals surface area (Å²) in [5.74, 6) is 0.674. The lowest BCUT2D eigenvalue weighted by atomic mass is 9.92. The van der Waals surface area contributed by atoms with E-state index in [4.69, 9.17) is 0 Å². The summed E-state index contributed by atoms with van der Waals surface area (Å²) in [4.78, 5) is 0. The molecule has 1 fully saturated rings. The average molecular weight is 190 g/mol. The van der Waals surface area contributed by atoms with Crippen LogP contribution in [-0.2, 0) is 0 Å². The van der Waals surface area contributed by atoms with Gasteiger partial charge in [-0.25, -0.2) is 0 Å². The summed E-state index contributed by atoms with van der Waals surface area (Å²) in [6.45, 7) is 0. The van der Waals surface area contributed by atoms with Crippen LogP contribution in [0.3, 0.4) is 0 Å². The van der Waals surface area contributed by atoms with Gasteiger partial charge >= 0.3 is 0 Å². The van der Waals surface area contributed by atoms with Gasteiger partial charge in [-0.3, -0.25) is 0 Å². The number of aliphatic hydroxyl groups is 1. The van der Waals surface area contributed by atoms with E-state index < -0.39 is 0 Å². The van der Waals surface area contributed by atoms with Gasteiger partial charge in [-0.05, 0) is 37.2 Å². The zero-order valence-corrected chi connectivity index (χ0v) is 8.52. The van der Waals surface area contributed by atoms with E-state index in [0.29, 0.717) is 5.92 Å². The number of aliphatic hydroxyl groups excluding tert-OH is 1. The Morgan fingerprint density at radius 2 is 1.71 bits per heavy atom. The molecule has 1 aliphatic rings. The minimum Gasteiger partial charge on any atom is -0.393 e. The first-order valence-electron chi connectivity index (χ1n) is 5.59. The minimum atomic E-state index is -0.0521. The van der Waals surface area contributed by atoms with Crippen LogP contribution in [0.25, 0.3) is 0 Å². The Morgan fingerprint density at radius 1 is 0.929 bits per heavy atom. The molecule has 0 bridgehead atoms. The van der Waals surface area contributed by atoms with E-state index in [1.165, 1.54) is 18.4 Å². The topological polar surface area (TPSA) is 20.2 Å². The van der Waals surface area contributed by atoms with Gasteiger partial charge in [-0.2, -0.15) is 0 Å². The van der Waals surface area contributed by atoms with Crippen molar-refractivity contribution in [1.29, 1.82) is 0 Å². The van der Waals surface area contributed by atoms with Crippen molar-refractivity contribution in [3.05, 3.63) is 35.9 Å². The van der Waals surface area contributed by atoms with Gasteiger partial charge in [0, 0.05) is 0 Å². The maximum atomic E-state index is 9.55. The number of benzene rings is 1. The molecule has 0 aliphatic heterocycles. The first-order chi connectivity index (χ1) is 6.86. The summed E-state index contributed by atoms with van der Waals surface area (Å²) in [6.07, 6.45) is 5.46. The number of hydrogen-bond donors (Lipinski definition) is 1. The third-order valence-electron chi connectivity index (χ3n) is 3.21. The lowest BCUT2D eigenvalue weighted by Crippen LogP contribution is -2.03. The van der Waals surface area contributed by atoms with Gasteiger partial charge in [-0.15, -0.1) is 0 Å². The summed E-state index contributed by atoms with van der Waals surface area (Å²) < 4.78 is 0. The van der Waals surface area contributed by atoms with Crippen LogP contribution in [0.4, 0.5) is 0 Å². The molecule has 1 aliphatic carbocycles. The standard InChI is InChI=1S/C13H18O/c14-13-8-4-7-12(9-10-13)11-5-2-1-3-6-11/h1-3,5-6,12-14H,4,7-10H2/t12-,13+/m1/s1. The molecule has 1 nitrogen and oxygen atoms in total. The highest BCUT2D eigenvalue weighted by atomic mass is 16.3. The van der Waals surface area contributed by atoms with Crippen molar-refractivity contribution in [3.63, 3.8) is 0 Å². The molecule has 0 amide bonds. The van der Waals surface area contributed by atoms with Gasteiger partial charge in [-0.1, -0.05) is 36.8 Å². The number of rotatable bonds is 1. The largest absolute Gasteiger partial charge is 0.393 e. The molecule has 0 spiro atoms. The molecule has 1 saturated carbocycles. The Labute approximate surface area is 85.8 Å². The zero-order chi connectivity index (χ0) is 9.80. The van der Waals surface area contributed by atoms with Crippen LogP contribution in [-0.4, -0.2) is 11.2 Å². The van der Waals surface area contributed by atoms with Gasteiger partial charge in [0.05, 0.1) is 6.10 Å². The van der Waals surface area contributed by atoms with E-state index in [0.717, 1.165) is 19.3 Å². The Kier molecular flexibility index (Phi) is 3.20. The Hall–Kier alpha value is -0.820. The van der Waals surface area contributed by atoms with Crippen LogP contribution in [0, 0.1) is 0 Å². The van der Waals surface area contributed by atoms with Crippen molar-refractivity contribution >= 4 is 0 Å². The SMILES string of the molecule is O[C@H]1CCC[C@@H](c2ccccc2)CC1. The van der Waals surface area contributed by atoms with Gasteiger partial charge in [0.2, 0.25) is 0 Å². The van der Waals surface area contributed by atoms with E-state index >= 15 is 0 Å². The van der Waals surface area contributed by atoms with Gasteiger partial charge in [0.1, 0.15) is 0 Å². The predicted octanol–water partition coefficient (Wildman–Crippen LogP) is 3.10. The van der Waals surface area contributed by atoms with Crippen molar-refractivity contribution < 1.29 is 5.11 Å². The minimum absolute atomic E-state index is 0.0521. The van der Waals surface area contributed by atoms with Crippen LogP contribution in [0.2, 0.25) is 0 Å². The molecule has 14 heavy (non-hydrogen) atoms. The van der Waals surface area contributed by atoms with Crippen LogP contribution < -0.4 is 0 Å². The second-order valence-electron chi connectivity index (χ2n) is 4.27. The lowest BCUT2D eigenvalue weighted by Gasteiger charge is -2.13. The van der Waals surface area contributed by atoms with Gasteiger partial charge in [0.15, 0.2) is 0 Å². The highest BCUT2D eigenvalue weighted by molar-refractivity contribution is 5.19. The summed E-state index contributed by atoms with van der Waals surface area (Å²) in [5, 5.41) is 9.55. The summed E-state index contributed by atoms with van der Waals surface area (Å²) >= 11 is 0. The van der Waals surface area contributed by atoms with Gasteiger partial charge in [0.25, 0.3) is 0 Å². The molecule has 0 unspecified atom stereocenters. The first kappa shape index (κ1) is 9.72. The maximum Gasteiger partial charge on any atom is 0.0540 e. The van der Waals surface area contributed by atoms with E-state index in [2.05, 4.69) is 30.3 Å².